The van der Waals surface area contributed by atoms with Crippen LogP contribution in [0.25, 0.3) is 0 Å². The van der Waals surface area contributed by atoms with E-state index < -0.39 is 0 Å². The molecule has 4 nitrogen and oxygen atoms in total. The molecule has 0 aromatic carbocycles. The lowest BCUT2D eigenvalue weighted by atomic mass is 9.84. The van der Waals surface area contributed by atoms with E-state index in [1.54, 1.807) is 24.1 Å². The van der Waals surface area contributed by atoms with Crippen molar-refractivity contribution in [2.24, 2.45) is 13.0 Å². The minimum Gasteiger partial charge on any atom is -0.331 e. The second kappa shape index (κ2) is 3.96. The van der Waals surface area contributed by atoms with Crippen LogP contribution in [0.2, 0.25) is 0 Å². The molecule has 0 spiro atoms. The Labute approximate surface area is 88.3 Å². The molecule has 1 heterocycles. The highest BCUT2D eigenvalue weighted by molar-refractivity contribution is 5.99. The normalized spacial score (nSPS) is 21.7. The molecule has 4 heteroatoms. The Kier molecular flexibility index (Phi) is 2.66. The predicted octanol–water partition coefficient (Wildman–Crippen LogP) is 1.36. The second-order valence-corrected chi connectivity index (χ2v) is 4.09. The lowest BCUT2D eigenvalue weighted by Crippen LogP contribution is -2.24. The second-order valence-electron chi connectivity index (χ2n) is 4.09. The van der Waals surface area contributed by atoms with Crippen LogP contribution < -0.4 is 0 Å². The highest BCUT2D eigenvalue weighted by Gasteiger charge is 2.27. The van der Waals surface area contributed by atoms with Gasteiger partial charge in [-0.1, -0.05) is 0 Å². The summed E-state index contributed by atoms with van der Waals surface area (Å²) in [4.78, 5) is 27.2. The molecule has 1 aliphatic carbocycles. The minimum absolute atomic E-state index is 0.0584. The molecule has 15 heavy (non-hydrogen) atoms. The van der Waals surface area contributed by atoms with Gasteiger partial charge in [0.05, 0.1) is 12.5 Å². The monoisotopic (exact) mass is 206 g/mol. The molecule has 80 valence electrons. The molecule has 0 bridgehead atoms. The summed E-state index contributed by atoms with van der Waals surface area (Å²) in [6.07, 6.45) is 5.89. The third kappa shape index (κ3) is 1.98. The van der Waals surface area contributed by atoms with Gasteiger partial charge in [-0.3, -0.25) is 9.59 Å². The van der Waals surface area contributed by atoms with Crippen LogP contribution in [0.4, 0.5) is 0 Å². The van der Waals surface area contributed by atoms with Crippen molar-refractivity contribution in [2.75, 3.05) is 0 Å². The molecule has 1 fully saturated rings. The van der Waals surface area contributed by atoms with Crippen molar-refractivity contribution < 1.29 is 9.59 Å². The lowest BCUT2D eigenvalue weighted by molar-refractivity contribution is -0.121. The molecule has 1 unspecified atom stereocenters. The van der Waals surface area contributed by atoms with Gasteiger partial charge in [0.1, 0.15) is 11.5 Å². The maximum Gasteiger partial charge on any atom is 0.184 e. The fraction of sp³-hybridized carbons (Fsp3) is 0.545. The van der Waals surface area contributed by atoms with Crippen molar-refractivity contribution in [3.8, 4) is 0 Å². The zero-order valence-corrected chi connectivity index (χ0v) is 8.77. The summed E-state index contributed by atoms with van der Waals surface area (Å²) in [5, 5.41) is 0. The van der Waals surface area contributed by atoms with Crippen LogP contribution in [0, 0.1) is 5.92 Å². The van der Waals surface area contributed by atoms with E-state index in [9.17, 15) is 9.59 Å². The highest BCUT2D eigenvalue weighted by atomic mass is 16.1. The van der Waals surface area contributed by atoms with E-state index in [2.05, 4.69) is 4.98 Å². The molecule has 0 N–H and O–H groups in total. The summed E-state index contributed by atoms with van der Waals surface area (Å²) in [7, 11) is 1.80. The number of rotatable bonds is 2. The van der Waals surface area contributed by atoms with Gasteiger partial charge in [0.2, 0.25) is 0 Å². The van der Waals surface area contributed by atoms with E-state index in [0.29, 0.717) is 18.5 Å². The first-order valence-electron chi connectivity index (χ1n) is 5.20. The van der Waals surface area contributed by atoms with Crippen molar-refractivity contribution in [3.05, 3.63) is 18.2 Å². The maximum absolute atomic E-state index is 12.0. The number of Topliss-reactive ketones (excluding diaryl/α,β-unsaturated/α-hetero) is 2. The van der Waals surface area contributed by atoms with Crippen LogP contribution in [0.5, 0.6) is 0 Å². The van der Waals surface area contributed by atoms with Crippen LogP contribution in [0.15, 0.2) is 12.5 Å². The van der Waals surface area contributed by atoms with Gasteiger partial charge >= 0.3 is 0 Å². The molecule has 0 aliphatic heterocycles. The molecule has 1 saturated carbocycles. The smallest absolute Gasteiger partial charge is 0.184 e. The molecule has 1 atom stereocenters. The predicted molar refractivity (Wildman–Crippen MR) is 54.5 cm³/mol. The molecular formula is C11H14N2O2. The molecule has 2 rings (SSSR count). The van der Waals surface area contributed by atoms with E-state index in [1.165, 1.54) is 0 Å². The Morgan fingerprint density at radius 1 is 1.60 bits per heavy atom. The van der Waals surface area contributed by atoms with Crippen molar-refractivity contribution in [2.45, 2.75) is 25.7 Å². The molecule has 0 saturated heterocycles. The Hall–Kier alpha value is -1.45. The van der Waals surface area contributed by atoms with Gasteiger partial charge in [-0.15, -0.1) is 0 Å². The molecule has 0 amide bonds. The topological polar surface area (TPSA) is 52.0 Å². The van der Waals surface area contributed by atoms with Gasteiger partial charge in [-0.25, -0.2) is 4.98 Å². The molecule has 1 aliphatic rings. The van der Waals surface area contributed by atoms with Crippen molar-refractivity contribution in [3.63, 3.8) is 0 Å². The van der Waals surface area contributed by atoms with E-state index in [1.807, 2.05) is 0 Å². The van der Waals surface area contributed by atoms with Crippen LogP contribution in [-0.2, 0) is 11.8 Å². The Morgan fingerprint density at radius 2 is 2.40 bits per heavy atom. The highest BCUT2D eigenvalue weighted by Crippen LogP contribution is 2.24. The van der Waals surface area contributed by atoms with Gasteiger partial charge < -0.3 is 4.57 Å². The summed E-state index contributed by atoms with van der Waals surface area (Å²) in [6, 6.07) is 0. The van der Waals surface area contributed by atoms with E-state index in [4.69, 9.17) is 0 Å². The van der Waals surface area contributed by atoms with Gasteiger partial charge in [-0.2, -0.15) is 0 Å². The lowest BCUT2D eigenvalue weighted by Gasteiger charge is -2.19. The van der Waals surface area contributed by atoms with E-state index in [0.717, 1.165) is 12.8 Å². The average Bonchev–Trinajstić information content (AvgIpc) is 2.63. The molecular weight excluding hydrogens is 192 g/mol. The first-order valence-corrected chi connectivity index (χ1v) is 5.20. The first-order chi connectivity index (χ1) is 7.18. The standard InChI is InChI=1S/C11H14N2O2/c1-13-7-12-6-10(13)11(15)8-3-2-4-9(14)5-8/h6-8H,2-5H2,1H3. The number of imidazole rings is 1. The number of carbonyl (C=O) groups excluding carboxylic acids is 2. The summed E-state index contributed by atoms with van der Waals surface area (Å²) in [5.41, 5.74) is 0.606. The van der Waals surface area contributed by atoms with Gasteiger partial charge in [0.25, 0.3) is 0 Å². The average molecular weight is 206 g/mol. The summed E-state index contributed by atoms with van der Waals surface area (Å²) in [6.45, 7) is 0. The SMILES string of the molecule is Cn1cncc1C(=O)C1CCCC(=O)C1. The van der Waals surface area contributed by atoms with Crippen molar-refractivity contribution in [1.82, 2.24) is 9.55 Å². The zero-order valence-electron chi connectivity index (χ0n) is 8.77. The number of carbonyl (C=O) groups is 2. The first kappa shape index (κ1) is 10.1. The van der Waals surface area contributed by atoms with Crippen molar-refractivity contribution >= 4 is 11.6 Å². The van der Waals surface area contributed by atoms with Crippen LogP contribution in [0.3, 0.4) is 0 Å². The molecule has 1 aromatic heterocycles. The maximum atomic E-state index is 12.0. The Morgan fingerprint density at radius 3 is 3.00 bits per heavy atom. The summed E-state index contributed by atoms with van der Waals surface area (Å²) in [5.74, 6) is 0.145. The largest absolute Gasteiger partial charge is 0.331 e. The number of hydrogen-bond acceptors (Lipinski definition) is 3. The van der Waals surface area contributed by atoms with E-state index in [-0.39, 0.29) is 17.5 Å². The fourth-order valence-corrected chi connectivity index (χ4v) is 2.05. The minimum atomic E-state index is -0.123. The molecule has 0 radical (unpaired) electrons. The Bertz CT molecular complexity index is 395. The quantitative estimate of drug-likeness (QED) is 0.686. The number of ketones is 2. The third-order valence-electron chi connectivity index (χ3n) is 2.92. The van der Waals surface area contributed by atoms with Crippen LogP contribution >= 0.6 is 0 Å². The van der Waals surface area contributed by atoms with E-state index >= 15 is 0 Å². The Balaban J connectivity index is 2.14. The van der Waals surface area contributed by atoms with Gasteiger partial charge in [-0.05, 0) is 12.8 Å². The fourth-order valence-electron chi connectivity index (χ4n) is 2.05. The van der Waals surface area contributed by atoms with Gasteiger partial charge in [0, 0.05) is 25.8 Å². The number of hydrogen-bond donors (Lipinski definition) is 0. The number of nitrogens with zero attached hydrogens (tertiary/aromatic N) is 2. The van der Waals surface area contributed by atoms with Crippen molar-refractivity contribution in [1.29, 1.82) is 0 Å². The number of aromatic nitrogens is 2. The third-order valence-corrected chi connectivity index (χ3v) is 2.92. The van der Waals surface area contributed by atoms with Gasteiger partial charge in [0.15, 0.2) is 5.78 Å². The summed E-state index contributed by atoms with van der Waals surface area (Å²) < 4.78 is 1.71. The zero-order chi connectivity index (χ0) is 10.8. The van der Waals surface area contributed by atoms with Crippen LogP contribution in [0.1, 0.15) is 36.2 Å². The summed E-state index contributed by atoms with van der Waals surface area (Å²) >= 11 is 0. The number of aryl methyl sites for hydroxylation is 1. The van der Waals surface area contributed by atoms with Crippen LogP contribution in [-0.4, -0.2) is 21.1 Å². The molecule has 1 aromatic rings.